The maximum absolute atomic E-state index is 12.5. The highest BCUT2D eigenvalue weighted by atomic mass is 32.2. The van der Waals surface area contributed by atoms with E-state index in [1.54, 1.807) is 30.3 Å². The van der Waals surface area contributed by atoms with E-state index in [0.717, 1.165) is 31.2 Å². The molecule has 0 radical (unpaired) electrons. The van der Waals surface area contributed by atoms with E-state index in [1.165, 1.54) is 11.1 Å². The molecule has 1 unspecified atom stereocenters. The molecule has 0 fully saturated rings. The summed E-state index contributed by atoms with van der Waals surface area (Å²) in [4.78, 5) is 11.8. The molecular weight excluding hydrogens is 350 g/mol. The topological polar surface area (TPSA) is 83.5 Å². The molecule has 138 valence electrons. The molecule has 2 aromatic rings. The zero-order valence-electron chi connectivity index (χ0n) is 14.7. The highest BCUT2D eigenvalue weighted by molar-refractivity contribution is 7.89. The molecule has 1 atom stereocenters. The van der Waals surface area contributed by atoms with Crippen molar-refractivity contribution < 1.29 is 18.3 Å². The van der Waals surface area contributed by atoms with Crippen molar-refractivity contribution in [1.29, 1.82) is 0 Å². The maximum atomic E-state index is 12.5. The Morgan fingerprint density at radius 2 is 1.81 bits per heavy atom. The summed E-state index contributed by atoms with van der Waals surface area (Å²) >= 11 is 0. The molecule has 26 heavy (non-hydrogen) atoms. The first-order valence-electron chi connectivity index (χ1n) is 8.84. The second-order valence-corrected chi connectivity index (χ2v) is 8.39. The summed E-state index contributed by atoms with van der Waals surface area (Å²) in [6.45, 7) is 1.82. The summed E-state index contributed by atoms with van der Waals surface area (Å²) in [5.41, 5.74) is 4.12. The molecule has 0 amide bonds. The number of fused-ring (bicyclic) bond motifs is 1. The Morgan fingerprint density at radius 3 is 2.46 bits per heavy atom. The Balaban J connectivity index is 1.77. The lowest BCUT2D eigenvalue weighted by atomic mass is 9.96. The molecule has 5 nitrogen and oxygen atoms in total. The van der Waals surface area contributed by atoms with E-state index in [4.69, 9.17) is 0 Å². The van der Waals surface area contributed by atoms with Crippen LogP contribution in [0, 0.1) is 0 Å². The van der Waals surface area contributed by atoms with Crippen molar-refractivity contribution in [2.45, 2.75) is 43.4 Å². The average Bonchev–Trinajstić information content (AvgIpc) is 3.09. The summed E-state index contributed by atoms with van der Waals surface area (Å²) in [5, 5.41) is 9.58. The molecule has 2 aromatic carbocycles. The molecule has 3 rings (SSSR count). The van der Waals surface area contributed by atoms with Gasteiger partial charge in [0.25, 0.3) is 0 Å². The van der Waals surface area contributed by atoms with Gasteiger partial charge >= 0.3 is 5.97 Å². The molecule has 6 heteroatoms. The van der Waals surface area contributed by atoms with Gasteiger partial charge in [-0.15, -0.1) is 0 Å². The number of aliphatic carboxylic acids is 1. The SMILES string of the molecule is CCc1ccc(S(=O)(=O)NCC(C(=O)O)c2ccc3c(c2)CCC3)cc1. The van der Waals surface area contributed by atoms with E-state index in [-0.39, 0.29) is 11.4 Å². The fourth-order valence-corrected chi connectivity index (χ4v) is 4.38. The van der Waals surface area contributed by atoms with Gasteiger partial charge in [-0.2, -0.15) is 0 Å². The fourth-order valence-electron chi connectivity index (χ4n) is 3.34. The molecule has 0 saturated carbocycles. The van der Waals surface area contributed by atoms with Gasteiger partial charge < -0.3 is 5.11 Å². The Morgan fingerprint density at radius 1 is 1.12 bits per heavy atom. The number of hydrogen-bond donors (Lipinski definition) is 2. The minimum Gasteiger partial charge on any atom is -0.481 e. The van der Waals surface area contributed by atoms with Crippen LogP contribution in [0.2, 0.25) is 0 Å². The van der Waals surface area contributed by atoms with Crippen LogP contribution in [-0.4, -0.2) is 26.0 Å². The van der Waals surface area contributed by atoms with Gasteiger partial charge in [0.2, 0.25) is 10.0 Å². The van der Waals surface area contributed by atoms with Crippen LogP contribution in [0.1, 0.15) is 41.5 Å². The fraction of sp³-hybridized carbons (Fsp3) is 0.350. The summed E-state index contributed by atoms with van der Waals surface area (Å²) in [6.07, 6.45) is 3.88. The van der Waals surface area contributed by atoms with Crippen LogP contribution in [0.5, 0.6) is 0 Å². The quantitative estimate of drug-likeness (QED) is 0.782. The summed E-state index contributed by atoms with van der Waals surface area (Å²) in [6, 6.07) is 12.3. The number of carboxylic acids is 1. The second kappa shape index (κ2) is 7.60. The van der Waals surface area contributed by atoms with Crippen molar-refractivity contribution in [3.63, 3.8) is 0 Å². The van der Waals surface area contributed by atoms with E-state index in [2.05, 4.69) is 4.72 Å². The van der Waals surface area contributed by atoms with Crippen LogP contribution in [0.4, 0.5) is 0 Å². The van der Waals surface area contributed by atoms with Gasteiger partial charge in [0.05, 0.1) is 10.8 Å². The molecular formula is C20H23NO4S. The minimum absolute atomic E-state index is 0.146. The predicted molar refractivity (Wildman–Crippen MR) is 99.9 cm³/mol. The van der Waals surface area contributed by atoms with Crippen LogP contribution in [0.25, 0.3) is 0 Å². The van der Waals surface area contributed by atoms with Gasteiger partial charge in [-0.25, -0.2) is 13.1 Å². The lowest BCUT2D eigenvalue weighted by Crippen LogP contribution is -2.31. The highest BCUT2D eigenvalue weighted by Crippen LogP contribution is 2.26. The average molecular weight is 373 g/mol. The summed E-state index contributed by atoms with van der Waals surface area (Å²) < 4.78 is 27.4. The number of rotatable bonds is 7. The van der Waals surface area contributed by atoms with Crippen LogP contribution in [0.15, 0.2) is 47.4 Å². The van der Waals surface area contributed by atoms with Crippen molar-refractivity contribution >= 4 is 16.0 Å². The lowest BCUT2D eigenvalue weighted by molar-refractivity contribution is -0.138. The minimum atomic E-state index is -3.75. The van der Waals surface area contributed by atoms with Gasteiger partial charge in [-0.05, 0) is 60.1 Å². The largest absolute Gasteiger partial charge is 0.481 e. The molecule has 1 aliphatic rings. The van der Waals surface area contributed by atoms with E-state index in [1.807, 2.05) is 19.1 Å². The Kier molecular flexibility index (Phi) is 5.44. The molecule has 0 saturated heterocycles. The molecule has 1 aliphatic carbocycles. The van der Waals surface area contributed by atoms with Gasteiger partial charge in [-0.3, -0.25) is 4.79 Å². The number of carbonyl (C=O) groups is 1. The van der Waals surface area contributed by atoms with E-state index in [0.29, 0.717) is 5.56 Å². The van der Waals surface area contributed by atoms with Crippen molar-refractivity contribution in [3.8, 4) is 0 Å². The van der Waals surface area contributed by atoms with E-state index in [9.17, 15) is 18.3 Å². The number of aryl methyl sites for hydroxylation is 3. The van der Waals surface area contributed by atoms with Crippen LogP contribution in [-0.2, 0) is 34.1 Å². The predicted octanol–water partition coefficient (Wildman–Crippen LogP) is 2.88. The number of carboxylic acid groups (broad SMARTS) is 1. The van der Waals surface area contributed by atoms with Crippen molar-refractivity contribution in [2.75, 3.05) is 6.54 Å². The smallest absolute Gasteiger partial charge is 0.312 e. The first-order chi connectivity index (χ1) is 12.4. The maximum Gasteiger partial charge on any atom is 0.312 e. The Hall–Kier alpha value is -2.18. The standard InChI is InChI=1S/C20H23NO4S/c1-2-14-6-10-18(11-7-14)26(24,25)21-13-19(20(22)23)17-9-8-15-4-3-5-16(15)12-17/h6-12,19,21H,2-5,13H2,1H3,(H,22,23). The van der Waals surface area contributed by atoms with Gasteiger partial charge in [0, 0.05) is 6.54 Å². The van der Waals surface area contributed by atoms with E-state index >= 15 is 0 Å². The number of hydrogen-bond acceptors (Lipinski definition) is 3. The normalized spacial score (nSPS) is 14.8. The molecule has 0 aliphatic heterocycles. The third-order valence-electron chi connectivity index (χ3n) is 4.94. The van der Waals surface area contributed by atoms with Gasteiger partial charge in [0.1, 0.15) is 0 Å². The number of nitrogens with one attached hydrogen (secondary N) is 1. The van der Waals surface area contributed by atoms with E-state index < -0.39 is 21.9 Å². The first kappa shape index (κ1) is 18.6. The Bertz CT molecular complexity index is 904. The summed E-state index contributed by atoms with van der Waals surface area (Å²) in [7, 11) is -3.75. The van der Waals surface area contributed by atoms with Gasteiger partial charge in [-0.1, -0.05) is 37.3 Å². The van der Waals surface area contributed by atoms with Crippen LogP contribution >= 0.6 is 0 Å². The monoisotopic (exact) mass is 373 g/mol. The van der Waals surface area contributed by atoms with Crippen molar-refractivity contribution in [2.24, 2.45) is 0 Å². The molecule has 0 spiro atoms. The number of benzene rings is 2. The third-order valence-corrected chi connectivity index (χ3v) is 6.38. The molecule has 0 heterocycles. The lowest BCUT2D eigenvalue weighted by Gasteiger charge is -2.15. The molecule has 2 N–H and O–H groups in total. The zero-order chi connectivity index (χ0) is 18.7. The molecule has 0 aromatic heterocycles. The third kappa shape index (κ3) is 3.97. The number of sulfonamides is 1. The van der Waals surface area contributed by atoms with Crippen molar-refractivity contribution in [3.05, 3.63) is 64.7 Å². The molecule has 0 bridgehead atoms. The highest BCUT2D eigenvalue weighted by Gasteiger charge is 2.25. The first-order valence-corrected chi connectivity index (χ1v) is 10.3. The summed E-state index contributed by atoms with van der Waals surface area (Å²) in [5.74, 6) is -1.95. The zero-order valence-corrected chi connectivity index (χ0v) is 15.6. The van der Waals surface area contributed by atoms with Crippen molar-refractivity contribution in [1.82, 2.24) is 4.72 Å². The second-order valence-electron chi connectivity index (χ2n) is 6.62. The van der Waals surface area contributed by atoms with Crippen LogP contribution in [0.3, 0.4) is 0 Å². The van der Waals surface area contributed by atoms with Gasteiger partial charge in [0.15, 0.2) is 0 Å². The van der Waals surface area contributed by atoms with Crippen LogP contribution < -0.4 is 4.72 Å². The Labute approximate surface area is 154 Å².